The number of hydrogen-bond acceptors (Lipinski definition) is 4. The maximum absolute atomic E-state index is 11.8. The highest BCUT2D eigenvalue weighted by Gasteiger charge is 2.25. The number of aliphatic imine (C=N–C) groups is 2. The Morgan fingerprint density at radius 3 is 2.90 bits per heavy atom. The summed E-state index contributed by atoms with van der Waals surface area (Å²) >= 11 is 0. The Kier molecular flexibility index (Phi) is 3.49. The zero-order valence-electron chi connectivity index (χ0n) is 12.5. The Hall–Kier alpha value is -2.17. The fourth-order valence-electron chi connectivity index (χ4n) is 2.49. The van der Waals surface area contributed by atoms with Crippen LogP contribution in [0.1, 0.15) is 32.8 Å². The number of ether oxygens (including phenoxy) is 1. The molecule has 0 saturated heterocycles. The maximum Gasteiger partial charge on any atom is 0.228 e. The molecular weight excluding hydrogens is 266 g/mol. The molecule has 0 spiro atoms. The first-order chi connectivity index (χ1) is 10.0. The van der Waals surface area contributed by atoms with Gasteiger partial charge in [0.25, 0.3) is 0 Å². The molecule has 1 aromatic carbocycles. The first-order valence-electron chi connectivity index (χ1n) is 7.25. The van der Waals surface area contributed by atoms with Crippen molar-refractivity contribution in [2.45, 2.75) is 39.5 Å². The van der Waals surface area contributed by atoms with E-state index < -0.39 is 0 Å². The summed E-state index contributed by atoms with van der Waals surface area (Å²) in [5.74, 6) is 1.02. The van der Waals surface area contributed by atoms with E-state index in [0.717, 1.165) is 11.3 Å². The van der Waals surface area contributed by atoms with Gasteiger partial charge in [0, 0.05) is 11.8 Å². The lowest BCUT2D eigenvalue weighted by Crippen LogP contribution is -2.17. The number of amides is 1. The Labute approximate surface area is 124 Å². The average molecular weight is 285 g/mol. The van der Waals surface area contributed by atoms with E-state index in [9.17, 15) is 4.79 Å². The van der Waals surface area contributed by atoms with Gasteiger partial charge in [-0.3, -0.25) is 14.8 Å². The van der Waals surface area contributed by atoms with Gasteiger partial charge in [-0.05, 0) is 25.0 Å². The second-order valence-corrected chi connectivity index (χ2v) is 5.81. The van der Waals surface area contributed by atoms with Crippen molar-refractivity contribution < 1.29 is 9.53 Å². The summed E-state index contributed by atoms with van der Waals surface area (Å²) in [5.41, 5.74) is 2.40. The number of benzene rings is 1. The third kappa shape index (κ3) is 2.68. The van der Waals surface area contributed by atoms with Gasteiger partial charge in [-0.2, -0.15) is 0 Å². The summed E-state index contributed by atoms with van der Waals surface area (Å²) < 4.78 is 5.94. The van der Waals surface area contributed by atoms with Crippen LogP contribution >= 0.6 is 0 Å². The molecule has 5 nitrogen and oxygen atoms in total. The topological polar surface area (TPSA) is 63.0 Å². The summed E-state index contributed by atoms with van der Waals surface area (Å²) in [4.78, 5) is 20.9. The van der Waals surface area contributed by atoms with Gasteiger partial charge < -0.3 is 10.1 Å². The summed E-state index contributed by atoms with van der Waals surface area (Å²) in [6.07, 6.45) is 1.95. The summed E-state index contributed by atoms with van der Waals surface area (Å²) in [5, 5.41) is 2.89. The van der Waals surface area contributed by atoms with Crippen LogP contribution in [0.25, 0.3) is 0 Å². The van der Waals surface area contributed by atoms with Gasteiger partial charge in [0.2, 0.25) is 5.91 Å². The van der Waals surface area contributed by atoms with Crippen LogP contribution in [0.2, 0.25) is 0 Å². The highest BCUT2D eigenvalue weighted by molar-refractivity contribution is 6.40. The molecule has 3 rings (SSSR count). The molecule has 0 bridgehead atoms. The summed E-state index contributed by atoms with van der Waals surface area (Å²) in [7, 11) is 0. The average Bonchev–Trinajstić information content (AvgIpc) is 2.84. The van der Waals surface area contributed by atoms with E-state index in [4.69, 9.17) is 4.74 Å². The Morgan fingerprint density at radius 1 is 1.38 bits per heavy atom. The molecule has 21 heavy (non-hydrogen) atoms. The molecule has 1 aromatic rings. The van der Waals surface area contributed by atoms with Crippen molar-refractivity contribution in [2.24, 2.45) is 15.9 Å². The van der Waals surface area contributed by atoms with E-state index in [1.54, 1.807) is 6.21 Å². The fraction of sp³-hybridized carbons (Fsp3) is 0.438. The van der Waals surface area contributed by atoms with Crippen LogP contribution in [0.5, 0.6) is 5.75 Å². The van der Waals surface area contributed by atoms with Gasteiger partial charge in [-0.1, -0.05) is 19.9 Å². The van der Waals surface area contributed by atoms with Gasteiger partial charge in [-0.25, -0.2) is 0 Å². The highest BCUT2D eigenvalue weighted by atomic mass is 16.5. The van der Waals surface area contributed by atoms with Gasteiger partial charge >= 0.3 is 0 Å². The van der Waals surface area contributed by atoms with Gasteiger partial charge in [-0.15, -0.1) is 0 Å². The maximum atomic E-state index is 11.8. The van der Waals surface area contributed by atoms with Gasteiger partial charge in [0.05, 0.1) is 17.8 Å². The standard InChI is InChI=1S/C16H19N3O2/c1-9(2)16-17-8-13(19-16)11-5-4-6-12-15(11)21-10(3)7-14(20)18-12/h4-6,8-10,16H,7H2,1-3H3,(H,18,20)/t10-,16?/m1/s1. The first-order valence-corrected chi connectivity index (χ1v) is 7.25. The smallest absolute Gasteiger partial charge is 0.228 e. The minimum atomic E-state index is -0.160. The van der Waals surface area contributed by atoms with E-state index in [1.807, 2.05) is 25.1 Å². The minimum Gasteiger partial charge on any atom is -0.487 e. The van der Waals surface area contributed by atoms with Crippen molar-refractivity contribution in [1.82, 2.24) is 0 Å². The molecule has 0 radical (unpaired) electrons. The summed E-state index contributed by atoms with van der Waals surface area (Å²) in [6, 6.07) is 5.70. The number of anilines is 1. The van der Waals surface area contributed by atoms with Crippen LogP contribution in [0.15, 0.2) is 28.2 Å². The molecule has 0 aliphatic carbocycles. The van der Waals surface area contributed by atoms with E-state index in [2.05, 4.69) is 29.1 Å². The van der Waals surface area contributed by atoms with Crippen molar-refractivity contribution in [2.75, 3.05) is 5.32 Å². The normalized spacial score (nSPS) is 24.2. The van der Waals surface area contributed by atoms with Crippen LogP contribution in [-0.2, 0) is 4.79 Å². The molecule has 110 valence electrons. The third-order valence-electron chi connectivity index (χ3n) is 3.57. The zero-order valence-corrected chi connectivity index (χ0v) is 12.5. The van der Waals surface area contributed by atoms with E-state index in [1.165, 1.54) is 0 Å². The molecule has 5 heteroatoms. The molecule has 0 fully saturated rings. The van der Waals surface area contributed by atoms with E-state index >= 15 is 0 Å². The van der Waals surface area contributed by atoms with Crippen molar-refractivity contribution in [3.05, 3.63) is 23.8 Å². The molecule has 0 saturated carbocycles. The molecule has 1 unspecified atom stereocenters. The molecule has 2 heterocycles. The highest BCUT2D eigenvalue weighted by Crippen LogP contribution is 2.34. The Morgan fingerprint density at radius 2 is 2.19 bits per heavy atom. The van der Waals surface area contributed by atoms with Crippen LogP contribution in [0.3, 0.4) is 0 Å². The molecule has 0 aromatic heterocycles. The largest absolute Gasteiger partial charge is 0.487 e. The number of nitrogens with one attached hydrogen (secondary N) is 1. The van der Waals surface area contributed by atoms with Crippen molar-refractivity contribution in [3.63, 3.8) is 0 Å². The van der Waals surface area contributed by atoms with Gasteiger partial charge in [0.1, 0.15) is 12.3 Å². The van der Waals surface area contributed by atoms with Crippen LogP contribution in [0, 0.1) is 5.92 Å². The van der Waals surface area contributed by atoms with E-state index in [0.29, 0.717) is 23.8 Å². The molecule has 2 aliphatic heterocycles. The molecule has 2 atom stereocenters. The number of para-hydroxylation sites is 1. The van der Waals surface area contributed by atoms with Crippen LogP contribution < -0.4 is 10.1 Å². The van der Waals surface area contributed by atoms with Crippen molar-refractivity contribution in [3.8, 4) is 5.75 Å². The fourth-order valence-corrected chi connectivity index (χ4v) is 2.49. The quantitative estimate of drug-likeness (QED) is 0.908. The Balaban J connectivity index is 2.02. The lowest BCUT2D eigenvalue weighted by atomic mass is 10.1. The number of nitrogens with zero attached hydrogens (tertiary/aromatic N) is 2. The minimum absolute atomic E-state index is 0.0273. The second kappa shape index (κ2) is 5.31. The molecule has 1 amide bonds. The molecule has 2 aliphatic rings. The number of fused-ring (bicyclic) bond motifs is 1. The lowest BCUT2D eigenvalue weighted by Gasteiger charge is -2.15. The lowest BCUT2D eigenvalue weighted by molar-refractivity contribution is -0.117. The predicted octanol–water partition coefficient (Wildman–Crippen LogP) is 2.65. The predicted molar refractivity (Wildman–Crippen MR) is 83.4 cm³/mol. The molecular formula is C16H19N3O2. The second-order valence-electron chi connectivity index (χ2n) is 5.81. The monoisotopic (exact) mass is 285 g/mol. The molecule has 1 N–H and O–H groups in total. The first kappa shape index (κ1) is 13.8. The van der Waals surface area contributed by atoms with Crippen molar-refractivity contribution >= 4 is 23.5 Å². The zero-order chi connectivity index (χ0) is 15.0. The number of hydrogen-bond donors (Lipinski definition) is 1. The van der Waals surface area contributed by atoms with Crippen molar-refractivity contribution in [1.29, 1.82) is 0 Å². The van der Waals surface area contributed by atoms with Gasteiger partial charge in [0.15, 0.2) is 5.75 Å². The number of rotatable bonds is 2. The van der Waals surface area contributed by atoms with E-state index in [-0.39, 0.29) is 18.2 Å². The third-order valence-corrected chi connectivity index (χ3v) is 3.57. The number of carbonyl (C=O) groups excluding carboxylic acids is 1. The summed E-state index contributed by atoms with van der Waals surface area (Å²) in [6.45, 7) is 6.09. The Bertz CT molecular complexity index is 634. The van der Waals surface area contributed by atoms with Crippen LogP contribution in [-0.4, -0.2) is 30.1 Å². The number of carbonyl (C=O) groups is 1. The SMILES string of the molecule is CC(C)C1N=CC(c2cccc3c2O[C@H](C)CC(=O)N3)=N1. The van der Waals surface area contributed by atoms with Crippen LogP contribution in [0.4, 0.5) is 5.69 Å².